The van der Waals surface area contributed by atoms with Crippen molar-refractivity contribution in [3.05, 3.63) is 24.3 Å². The molecule has 0 radical (unpaired) electrons. The minimum Gasteiger partial charge on any atom is -0.497 e. The van der Waals surface area contributed by atoms with Gasteiger partial charge in [0.15, 0.2) is 0 Å². The molecule has 1 fully saturated rings. The van der Waals surface area contributed by atoms with Crippen LogP contribution in [0.3, 0.4) is 0 Å². The molecule has 3 unspecified atom stereocenters. The molecular weight excluding hydrogens is 246 g/mol. The highest BCUT2D eigenvalue weighted by Gasteiger charge is 2.30. The first-order valence-electron chi connectivity index (χ1n) is 6.20. The molecule has 2 rings (SSSR count). The van der Waals surface area contributed by atoms with Crippen molar-refractivity contribution in [3.8, 4) is 11.8 Å². The fourth-order valence-corrected chi connectivity index (χ4v) is 4.07. The molecule has 1 saturated carbocycles. The second-order valence-electron chi connectivity index (χ2n) is 4.53. The van der Waals surface area contributed by atoms with Crippen LogP contribution in [0.2, 0.25) is 0 Å². The summed E-state index contributed by atoms with van der Waals surface area (Å²) >= 11 is 0. The predicted octanol–water partition coefficient (Wildman–Crippen LogP) is 2.89. The minimum absolute atomic E-state index is 0.0316. The van der Waals surface area contributed by atoms with Gasteiger partial charge in [-0.3, -0.25) is 4.21 Å². The van der Waals surface area contributed by atoms with Gasteiger partial charge < -0.3 is 4.74 Å². The van der Waals surface area contributed by atoms with Crippen molar-refractivity contribution >= 4 is 10.8 Å². The normalized spacial score (nSPS) is 25.1. The van der Waals surface area contributed by atoms with Crippen molar-refractivity contribution in [2.75, 3.05) is 7.11 Å². The van der Waals surface area contributed by atoms with Crippen LogP contribution in [0.25, 0.3) is 0 Å². The van der Waals surface area contributed by atoms with E-state index < -0.39 is 10.8 Å². The van der Waals surface area contributed by atoms with Crippen LogP contribution in [0.4, 0.5) is 0 Å². The summed E-state index contributed by atoms with van der Waals surface area (Å²) in [7, 11) is 0.484. The molecule has 0 aromatic heterocycles. The third-order valence-corrected chi connectivity index (χ3v) is 5.25. The summed E-state index contributed by atoms with van der Waals surface area (Å²) in [5.74, 6) is 0.635. The summed E-state index contributed by atoms with van der Waals surface area (Å²) in [4.78, 5) is 0.765. The number of methoxy groups -OCH3 is 1. The van der Waals surface area contributed by atoms with Crippen LogP contribution in [0, 0.1) is 17.2 Å². The summed E-state index contributed by atoms with van der Waals surface area (Å²) < 4.78 is 17.7. The van der Waals surface area contributed by atoms with E-state index in [1.165, 1.54) is 0 Å². The number of hydrogen-bond donors (Lipinski definition) is 0. The van der Waals surface area contributed by atoms with Crippen LogP contribution in [-0.2, 0) is 10.8 Å². The first kappa shape index (κ1) is 13.1. The highest BCUT2D eigenvalue weighted by molar-refractivity contribution is 7.85. The second kappa shape index (κ2) is 6.01. The molecule has 1 aliphatic carbocycles. The third-order valence-electron chi connectivity index (χ3n) is 3.42. The molecule has 0 bridgehead atoms. The van der Waals surface area contributed by atoms with E-state index in [-0.39, 0.29) is 11.2 Å². The van der Waals surface area contributed by atoms with Crippen LogP contribution in [0.1, 0.15) is 25.7 Å². The van der Waals surface area contributed by atoms with Crippen molar-refractivity contribution in [2.24, 2.45) is 5.92 Å². The zero-order valence-corrected chi connectivity index (χ0v) is 11.3. The lowest BCUT2D eigenvalue weighted by Gasteiger charge is -2.25. The Hall–Kier alpha value is -1.34. The first-order valence-corrected chi connectivity index (χ1v) is 7.42. The summed E-state index contributed by atoms with van der Waals surface area (Å²) in [6.07, 6.45) is 3.89. The van der Waals surface area contributed by atoms with Crippen LogP contribution in [-0.4, -0.2) is 16.6 Å². The zero-order chi connectivity index (χ0) is 13.0. The molecule has 3 nitrogen and oxygen atoms in total. The van der Waals surface area contributed by atoms with E-state index in [9.17, 15) is 4.21 Å². The Morgan fingerprint density at radius 2 is 2.17 bits per heavy atom. The SMILES string of the molecule is COc1cccc(S(=O)C2CCCCC2C#N)c1. The van der Waals surface area contributed by atoms with Gasteiger partial charge in [-0.05, 0) is 31.0 Å². The lowest BCUT2D eigenvalue weighted by Crippen LogP contribution is -2.28. The summed E-state index contributed by atoms with van der Waals surface area (Å²) in [5.41, 5.74) is 0. The molecule has 4 heteroatoms. The number of benzene rings is 1. The van der Waals surface area contributed by atoms with Crippen molar-refractivity contribution in [1.29, 1.82) is 5.26 Å². The Morgan fingerprint density at radius 3 is 2.89 bits per heavy atom. The smallest absolute Gasteiger partial charge is 0.120 e. The molecule has 0 N–H and O–H groups in total. The summed E-state index contributed by atoms with van der Waals surface area (Å²) in [6, 6.07) is 9.64. The molecule has 0 spiro atoms. The number of hydrogen-bond acceptors (Lipinski definition) is 3. The van der Waals surface area contributed by atoms with Crippen molar-refractivity contribution in [1.82, 2.24) is 0 Å². The standard InChI is InChI=1S/C14H17NO2S/c1-17-12-6-4-7-13(9-12)18(16)14-8-3-2-5-11(14)10-15/h4,6-7,9,11,14H,2-3,5,8H2,1H3. The van der Waals surface area contributed by atoms with Crippen molar-refractivity contribution in [2.45, 2.75) is 35.8 Å². The molecule has 1 aliphatic rings. The Balaban J connectivity index is 2.21. The van der Waals surface area contributed by atoms with Gasteiger partial charge in [-0.2, -0.15) is 5.26 Å². The van der Waals surface area contributed by atoms with Gasteiger partial charge in [0.05, 0.1) is 35.1 Å². The molecule has 0 heterocycles. The largest absolute Gasteiger partial charge is 0.497 e. The maximum absolute atomic E-state index is 12.5. The maximum Gasteiger partial charge on any atom is 0.120 e. The lowest BCUT2D eigenvalue weighted by molar-refractivity contribution is 0.413. The quantitative estimate of drug-likeness (QED) is 0.842. The monoisotopic (exact) mass is 263 g/mol. The van der Waals surface area contributed by atoms with E-state index in [4.69, 9.17) is 10.00 Å². The average molecular weight is 263 g/mol. The van der Waals surface area contributed by atoms with E-state index in [0.29, 0.717) is 5.75 Å². The topological polar surface area (TPSA) is 50.1 Å². The van der Waals surface area contributed by atoms with E-state index >= 15 is 0 Å². The number of rotatable bonds is 3. The third kappa shape index (κ3) is 2.73. The number of nitrogens with zero attached hydrogens (tertiary/aromatic N) is 1. The number of nitriles is 1. The summed E-state index contributed by atoms with van der Waals surface area (Å²) in [6.45, 7) is 0. The van der Waals surface area contributed by atoms with Crippen molar-refractivity contribution in [3.63, 3.8) is 0 Å². The van der Waals surface area contributed by atoms with Gasteiger partial charge >= 0.3 is 0 Å². The van der Waals surface area contributed by atoms with E-state index in [1.807, 2.05) is 18.2 Å². The van der Waals surface area contributed by atoms with Crippen LogP contribution >= 0.6 is 0 Å². The first-order chi connectivity index (χ1) is 8.76. The Morgan fingerprint density at radius 1 is 1.39 bits per heavy atom. The molecule has 0 amide bonds. The van der Waals surface area contributed by atoms with Gasteiger partial charge in [-0.25, -0.2) is 0 Å². The van der Waals surface area contributed by atoms with E-state index in [1.54, 1.807) is 13.2 Å². The molecule has 96 valence electrons. The predicted molar refractivity (Wildman–Crippen MR) is 70.8 cm³/mol. The fourth-order valence-electron chi connectivity index (χ4n) is 2.40. The highest BCUT2D eigenvalue weighted by atomic mass is 32.2. The van der Waals surface area contributed by atoms with E-state index in [2.05, 4.69) is 6.07 Å². The van der Waals surface area contributed by atoms with Gasteiger partial charge in [-0.15, -0.1) is 0 Å². The maximum atomic E-state index is 12.5. The van der Waals surface area contributed by atoms with Gasteiger partial charge in [0.2, 0.25) is 0 Å². The zero-order valence-electron chi connectivity index (χ0n) is 10.5. The Labute approximate surface area is 110 Å². The van der Waals surface area contributed by atoms with Gasteiger partial charge in [0, 0.05) is 4.90 Å². The van der Waals surface area contributed by atoms with E-state index in [0.717, 1.165) is 30.6 Å². The molecule has 18 heavy (non-hydrogen) atoms. The van der Waals surface area contributed by atoms with Crippen LogP contribution < -0.4 is 4.74 Å². The molecule has 0 saturated heterocycles. The average Bonchev–Trinajstić information content (AvgIpc) is 2.46. The Bertz CT molecular complexity index is 481. The van der Waals surface area contributed by atoms with Crippen LogP contribution in [0.15, 0.2) is 29.2 Å². The molecule has 1 aromatic carbocycles. The molecule has 3 atom stereocenters. The Kier molecular flexibility index (Phi) is 4.38. The number of ether oxygens (including phenoxy) is 1. The van der Waals surface area contributed by atoms with Gasteiger partial charge in [0.25, 0.3) is 0 Å². The molecular formula is C14H17NO2S. The minimum atomic E-state index is -1.11. The summed E-state index contributed by atoms with van der Waals surface area (Å²) in [5, 5.41) is 9.12. The van der Waals surface area contributed by atoms with Gasteiger partial charge in [0.1, 0.15) is 5.75 Å². The fraction of sp³-hybridized carbons (Fsp3) is 0.500. The van der Waals surface area contributed by atoms with Gasteiger partial charge in [-0.1, -0.05) is 18.9 Å². The van der Waals surface area contributed by atoms with Crippen LogP contribution in [0.5, 0.6) is 5.75 Å². The molecule has 1 aromatic rings. The lowest BCUT2D eigenvalue weighted by atomic mass is 9.90. The second-order valence-corrected chi connectivity index (χ2v) is 6.21. The highest BCUT2D eigenvalue weighted by Crippen LogP contribution is 2.31. The molecule has 0 aliphatic heterocycles. The van der Waals surface area contributed by atoms with Crippen molar-refractivity contribution < 1.29 is 8.95 Å².